The molecule has 0 radical (unpaired) electrons. The second-order valence-electron chi connectivity index (χ2n) is 4.15. The lowest BCUT2D eigenvalue weighted by Gasteiger charge is -2.08. The van der Waals surface area contributed by atoms with Crippen molar-refractivity contribution in [3.8, 4) is 0 Å². The molecule has 1 N–H and O–H groups in total. The second-order valence-corrected chi connectivity index (χ2v) is 5.00. The van der Waals surface area contributed by atoms with Gasteiger partial charge in [0.05, 0.1) is 13.0 Å². The van der Waals surface area contributed by atoms with Gasteiger partial charge in [-0.15, -0.1) is 0 Å². The fraction of sp³-hybridized carbons (Fsp3) is 0.333. The number of aryl methyl sites for hydroxylation is 1. The largest absolute Gasteiger partial charge is 0.394 e. The van der Waals surface area contributed by atoms with Crippen LogP contribution >= 0.6 is 15.9 Å². The minimum absolute atomic E-state index is 0.153. The Hall–Kier alpha value is -1.01. The number of halogens is 4. The van der Waals surface area contributed by atoms with Crippen molar-refractivity contribution in [3.63, 3.8) is 0 Å². The molecular formula is C12H11BrF3NO. The zero-order valence-electron chi connectivity index (χ0n) is 9.55. The molecule has 0 spiro atoms. The molecule has 0 aliphatic heterocycles. The third kappa shape index (κ3) is 2.54. The molecule has 98 valence electrons. The Bertz CT molecular complexity index is 589. The summed E-state index contributed by atoms with van der Waals surface area (Å²) in [7, 11) is 1.61. The summed E-state index contributed by atoms with van der Waals surface area (Å²) in [4.78, 5) is 0. The lowest BCUT2D eigenvalue weighted by molar-refractivity contribution is -0.128. The summed E-state index contributed by atoms with van der Waals surface area (Å²) in [6, 6.07) is 4.93. The van der Waals surface area contributed by atoms with Crippen LogP contribution in [0.25, 0.3) is 10.9 Å². The van der Waals surface area contributed by atoms with Gasteiger partial charge in [0.15, 0.2) is 0 Å². The van der Waals surface area contributed by atoms with Gasteiger partial charge >= 0.3 is 6.18 Å². The Morgan fingerprint density at radius 3 is 2.50 bits per heavy atom. The first kappa shape index (κ1) is 13.4. The molecule has 0 saturated heterocycles. The molecule has 2 nitrogen and oxygen atoms in total. The topological polar surface area (TPSA) is 25.2 Å². The van der Waals surface area contributed by atoms with E-state index in [4.69, 9.17) is 5.11 Å². The van der Waals surface area contributed by atoms with Crippen molar-refractivity contribution in [1.29, 1.82) is 0 Å². The van der Waals surface area contributed by atoms with Crippen molar-refractivity contribution in [3.05, 3.63) is 33.9 Å². The van der Waals surface area contributed by atoms with Crippen LogP contribution in [0.3, 0.4) is 0 Å². The highest BCUT2D eigenvalue weighted by molar-refractivity contribution is 9.10. The molecule has 0 bridgehead atoms. The van der Waals surface area contributed by atoms with Gasteiger partial charge < -0.3 is 9.67 Å². The predicted octanol–water partition coefficient (Wildman–Crippen LogP) is 3.54. The van der Waals surface area contributed by atoms with Crippen LogP contribution in [0.15, 0.2) is 22.7 Å². The predicted molar refractivity (Wildman–Crippen MR) is 66.3 cm³/mol. The van der Waals surface area contributed by atoms with Gasteiger partial charge in [-0.25, -0.2) is 0 Å². The molecule has 6 heteroatoms. The SMILES string of the molecule is Cn1c(CC(F)(F)F)cc2cc(CO)c(Br)cc21. The van der Waals surface area contributed by atoms with Crippen LogP contribution in [-0.2, 0) is 20.1 Å². The second kappa shape index (κ2) is 4.59. The van der Waals surface area contributed by atoms with E-state index in [1.807, 2.05) is 0 Å². The Morgan fingerprint density at radius 2 is 1.94 bits per heavy atom. The van der Waals surface area contributed by atoms with Crippen molar-refractivity contribution in [1.82, 2.24) is 4.57 Å². The molecule has 2 aromatic rings. The maximum Gasteiger partial charge on any atom is 0.394 e. The van der Waals surface area contributed by atoms with Crippen LogP contribution in [0, 0.1) is 0 Å². The van der Waals surface area contributed by atoms with Crippen LogP contribution in [-0.4, -0.2) is 15.8 Å². The molecule has 0 saturated carbocycles. The van der Waals surface area contributed by atoms with Crippen LogP contribution in [0.4, 0.5) is 13.2 Å². The molecule has 2 rings (SSSR count). The van der Waals surface area contributed by atoms with E-state index in [0.717, 1.165) is 0 Å². The summed E-state index contributed by atoms with van der Waals surface area (Å²) in [5.74, 6) is 0. The molecule has 0 aliphatic rings. The van der Waals surface area contributed by atoms with Crippen molar-refractivity contribution in [2.24, 2.45) is 7.05 Å². The third-order valence-corrected chi connectivity index (χ3v) is 3.60. The van der Waals surface area contributed by atoms with E-state index in [9.17, 15) is 13.2 Å². The van der Waals surface area contributed by atoms with Gasteiger partial charge in [-0.1, -0.05) is 15.9 Å². The van der Waals surface area contributed by atoms with Gasteiger partial charge in [0.1, 0.15) is 0 Å². The molecule has 0 amide bonds. The van der Waals surface area contributed by atoms with Crippen LogP contribution in [0.2, 0.25) is 0 Å². The van der Waals surface area contributed by atoms with Gasteiger partial charge in [0.2, 0.25) is 0 Å². The summed E-state index contributed by atoms with van der Waals surface area (Å²) in [6.45, 7) is -0.153. The lowest BCUT2D eigenvalue weighted by Crippen LogP contribution is -2.13. The number of hydrogen-bond donors (Lipinski definition) is 1. The van der Waals surface area contributed by atoms with Gasteiger partial charge in [-0.3, -0.25) is 0 Å². The number of aromatic nitrogens is 1. The Morgan fingerprint density at radius 1 is 1.28 bits per heavy atom. The number of aliphatic hydroxyl groups is 1. The molecular weight excluding hydrogens is 311 g/mol. The number of aliphatic hydroxyl groups excluding tert-OH is 1. The molecule has 1 aromatic carbocycles. The number of nitrogens with zero attached hydrogens (tertiary/aromatic N) is 1. The Labute approximate surface area is 110 Å². The van der Waals surface area contributed by atoms with E-state index in [1.54, 1.807) is 19.2 Å². The average Bonchev–Trinajstić information content (AvgIpc) is 2.53. The first-order valence-corrected chi connectivity index (χ1v) is 6.05. The molecule has 18 heavy (non-hydrogen) atoms. The molecule has 0 fully saturated rings. The maximum atomic E-state index is 12.4. The highest BCUT2D eigenvalue weighted by Gasteiger charge is 2.29. The van der Waals surface area contributed by atoms with Crippen LogP contribution in [0.5, 0.6) is 0 Å². The Kier molecular flexibility index (Phi) is 3.42. The van der Waals surface area contributed by atoms with Gasteiger partial charge in [-0.2, -0.15) is 13.2 Å². The summed E-state index contributed by atoms with van der Waals surface area (Å²) in [5, 5.41) is 9.82. The summed E-state index contributed by atoms with van der Waals surface area (Å²) in [5.41, 5.74) is 1.57. The van der Waals surface area contributed by atoms with Crippen LogP contribution < -0.4 is 0 Å². The number of fused-ring (bicyclic) bond motifs is 1. The Balaban J connectivity index is 2.56. The minimum Gasteiger partial charge on any atom is -0.392 e. The number of rotatable bonds is 2. The number of hydrogen-bond acceptors (Lipinski definition) is 1. The van der Waals surface area contributed by atoms with Crippen molar-refractivity contribution < 1.29 is 18.3 Å². The first-order chi connectivity index (χ1) is 8.31. The summed E-state index contributed by atoms with van der Waals surface area (Å²) >= 11 is 3.29. The monoisotopic (exact) mass is 321 g/mol. The maximum absolute atomic E-state index is 12.4. The molecule has 1 aromatic heterocycles. The van der Waals surface area contributed by atoms with E-state index in [1.165, 1.54) is 10.6 Å². The molecule has 1 heterocycles. The van der Waals surface area contributed by atoms with Crippen molar-refractivity contribution in [2.45, 2.75) is 19.2 Å². The molecule has 0 unspecified atom stereocenters. The standard InChI is InChI=1S/C12H11BrF3NO/c1-17-9(5-12(14,15)16)3-7-2-8(6-18)10(13)4-11(7)17/h2-4,18H,5-6H2,1H3. The third-order valence-electron chi connectivity index (χ3n) is 2.86. The minimum atomic E-state index is -4.22. The highest BCUT2D eigenvalue weighted by atomic mass is 79.9. The van der Waals surface area contributed by atoms with Gasteiger partial charge in [0, 0.05) is 28.1 Å². The van der Waals surface area contributed by atoms with Crippen LogP contribution in [0.1, 0.15) is 11.3 Å². The van der Waals surface area contributed by atoms with E-state index < -0.39 is 12.6 Å². The summed E-state index contributed by atoms with van der Waals surface area (Å²) < 4.78 is 39.5. The fourth-order valence-electron chi connectivity index (χ4n) is 1.96. The van der Waals surface area contributed by atoms with E-state index in [0.29, 0.717) is 20.9 Å². The molecule has 0 aliphatic carbocycles. The first-order valence-electron chi connectivity index (χ1n) is 5.26. The van der Waals surface area contributed by atoms with E-state index in [2.05, 4.69) is 15.9 Å². The molecule has 0 atom stereocenters. The fourth-order valence-corrected chi connectivity index (χ4v) is 2.42. The smallest absolute Gasteiger partial charge is 0.392 e. The highest BCUT2D eigenvalue weighted by Crippen LogP contribution is 2.29. The van der Waals surface area contributed by atoms with Gasteiger partial charge in [0.25, 0.3) is 0 Å². The average molecular weight is 322 g/mol. The van der Waals surface area contributed by atoms with Crippen molar-refractivity contribution in [2.75, 3.05) is 0 Å². The normalized spacial score (nSPS) is 12.3. The van der Waals surface area contributed by atoms with E-state index in [-0.39, 0.29) is 12.3 Å². The zero-order valence-corrected chi connectivity index (χ0v) is 11.1. The van der Waals surface area contributed by atoms with Gasteiger partial charge in [-0.05, 0) is 23.8 Å². The zero-order chi connectivity index (χ0) is 13.5. The van der Waals surface area contributed by atoms with E-state index >= 15 is 0 Å². The number of alkyl halides is 3. The quantitative estimate of drug-likeness (QED) is 0.899. The number of benzene rings is 1. The summed E-state index contributed by atoms with van der Waals surface area (Å²) in [6.07, 6.45) is -5.18. The lowest BCUT2D eigenvalue weighted by atomic mass is 10.1. The van der Waals surface area contributed by atoms with Crippen molar-refractivity contribution >= 4 is 26.8 Å².